The molecule has 0 unspecified atom stereocenters. The van der Waals surface area contributed by atoms with Crippen LogP contribution in [0, 0.1) is 0 Å². The molecule has 0 spiro atoms. The summed E-state index contributed by atoms with van der Waals surface area (Å²) in [6, 6.07) is 10.1. The average molecular weight is 262 g/mol. The van der Waals surface area contributed by atoms with Crippen molar-refractivity contribution in [3.05, 3.63) is 35.9 Å². The largest absolute Gasteiger partial charge is 0.392 e. The fraction of sp³-hybridized carbons (Fsp3) is 0.533. The number of rotatable bonds is 5. The maximum atomic E-state index is 11.7. The molecule has 1 fully saturated rings. The summed E-state index contributed by atoms with van der Waals surface area (Å²) in [5, 5.41) is 12.3. The molecule has 1 aliphatic heterocycles. The molecule has 0 aliphatic carbocycles. The van der Waals surface area contributed by atoms with Crippen LogP contribution in [0.1, 0.15) is 24.3 Å². The molecule has 2 atom stereocenters. The zero-order valence-electron chi connectivity index (χ0n) is 11.4. The SMILES string of the molecule is CNC(=O)C[C@H](CN1CC[C@H](O)C1)c1ccccc1. The number of likely N-dealkylation sites (tertiary alicyclic amines) is 1. The maximum absolute atomic E-state index is 11.7. The molecule has 19 heavy (non-hydrogen) atoms. The van der Waals surface area contributed by atoms with Crippen molar-refractivity contribution in [2.75, 3.05) is 26.7 Å². The Balaban J connectivity index is 2.04. The topological polar surface area (TPSA) is 52.6 Å². The van der Waals surface area contributed by atoms with Gasteiger partial charge >= 0.3 is 0 Å². The normalized spacial score (nSPS) is 21.3. The number of hydrogen-bond donors (Lipinski definition) is 2. The van der Waals surface area contributed by atoms with Gasteiger partial charge in [0, 0.05) is 39.0 Å². The Hall–Kier alpha value is -1.39. The third-order valence-corrected chi connectivity index (χ3v) is 3.71. The van der Waals surface area contributed by atoms with Crippen LogP contribution >= 0.6 is 0 Å². The van der Waals surface area contributed by atoms with Gasteiger partial charge in [0.05, 0.1) is 6.10 Å². The van der Waals surface area contributed by atoms with Gasteiger partial charge in [0.15, 0.2) is 0 Å². The van der Waals surface area contributed by atoms with Gasteiger partial charge < -0.3 is 15.3 Å². The van der Waals surface area contributed by atoms with Gasteiger partial charge in [-0.25, -0.2) is 0 Å². The van der Waals surface area contributed by atoms with Crippen molar-refractivity contribution < 1.29 is 9.90 Å². The molecule has 2 N–H and O–H groups in total. The van der Waals surface area contributed by atoms with Crippen molar-refractivity contribution in [1.82, 2.24) is 10.2 Å². The van der Waals surface area contributed by atoms with Gasteiger partial charge in [-0.1, -0.05) is 30.3 Å². The van der Waals surface area contributed by atoms with Gasteiger partial charge in [-0.05, 0) is 12.0 Å². The molecule has 1 aromatic carbocycles. The minimum Gasteiger partial charge on any atom is -0.392 e. The minimum absolute atomic E-state index is 0.0635. The van der Waals surface area contributed by atoms with Crippen LogP contribution in [0.15, 0.2) is 30.3 Å². The van der Waals surface area contributed by atoms with E-state index in [4.69, 9.17) is 0 Å². The number of hydrogen-bond acceptors (Lipinski definition) is 3. The van der Waals surface area contributed by atoms with Crippen molar-refractivity contribution in [3.8, 4) is 0 Å². The number of amides is 1. The van der Waals surface area contributed by atoms with Gasteiger partial charge in [0.2, 0.25) is 5.91 Å². The maximum Gasteiger partial charge on any atom is 0.220 e. The summed E-state index contributed by atoms with van der Waals surface area (Å²) < 4.78 is 0. The van der Waals surface area contributed by atoms with Crippen LogP contribution in [0.4, 0.5) is 0 Å². The Bertz CT molecular complexity index is 408. The number of aliphatic hydroxyl groups excluding tert-OH is 1. The van der Waals surface area contributed by atoms with E-state index in [0.717, 1.165) is 26.1 Å². The zero-order chi connectivity index (χ0) is 13.7. The number of benzene rings is 1. The van der Waals surface area contributed by atoms with Crippen molar-refractivity contribution in [2.24, 2.45) is 0 Å². The van der Waals surface area contributed by atoms with Crippen LogP contribution < -0.4 is 5.32 Å². The molecule has 4 nitrogen and oxygen atoms in total. The van der Waals surface area contributed by atoms with Crippen molar-refractivity contribution in [2.45, 2.75) is 24.9 Å². The number of carbonyl (C=O) groups is 1. The van der Waals surface area contributed by atoms with Gasteiger partial charge in [-0.2, -0.15) is 0 Å². The first-order chi connectivity index (χ1) is 9.19. The Morgan fingerprint density at radius 1 is 1.47 bits per heavy atom. The van der Waals surface area contributed by atoms with Crippen molar-refractivity contribution in [3.63, 3.8) is 0 Å². The van der Waals surface area contributed by atoms with Gasteiger partial charge in [0.25, 0.3) is 0 Å². The van der Waals surface area contributed by atoms with E-state index in [1.54, 1.807) is 7.05 Å². The Morgan fingerprint density at radius 3 is 2.79 bits per heavy atom. The summed E-state index contributed by atoms with van der Waals surface area (Å²) in [7, 11) is 1.67. The number of nitrogens with zero attached hydrogens (tertiary/aromatic N) is 1. The van der Waals surface area contributed by atoms with Crippen LogP contribution in [0.25, 0.3) is 0 Å². The summed E-state index contributed by atoms with van der Waals surface area (Å²) in [5.41, 5.74) is 1.19. The first-order valence-electron chi connectivity index (χ1n) is 6.85. The molecule has 0 radical (unpaired) electrons. The Labute approximate surface area is 114 Å². The van der Waals surface area contributed by atoms with E-state index in [0.29, 0.717) is 6.42 Å². The monoisotopic (exact) mass is 262 g/mol. The lowest BCUT2D eigenvalue weighted by Crippen LogP contribution is -2.30. The van der Waals surface area contributed by atoms with Gasteiger partial charge in [-0.3, -0.25) is 4.79 Å². The molecule has 104 valence electrons. The summed E-state index contributed by atoms with van der Waals surface area (Å²) in [6.45, 7) is 2.46. The Morgan fingerprint density at radius 2 is 2.21 bits per heavy atom. The second-order valence-corrected chi connectivity index (χ2v) is 5.19. The molecule has 1 aromatic rings. The fourth-order valence-electron chi connectivity index (χ4n) is 2.63. The first-order valence-corrected chi connectivity index (χ1v) is 6.85. The first kappa shape index (κ1) is 14.0. The highest BCUT2D eigenvalue weighted by Crippen LogP contribution is 2.23. The molecular weight excluding hydrogens is 240 g/mol. The molecule has 1 aliphatic rings. The van der Waals surface area contributed by atoms with E-state index in [-0.39, 0.29) is 17.9 Å². The van der Waals surface area contributed by atoms with E-state index in [1.807, 2.05) is 18.2 Å². The molecule has 0 aromatic heterocycles. The molecular formula is C15H22N2O2. The fourth-order valence-corrected chi connectivity index (χ4v) is 2.63. The second-order valence-electron chi connectivity index (χ2n) is 5.19. The molecule has 0 saturated carbocycles. The van der Waals surface area contributed by atoms with Crippen LogP contribution in [0.3, 0.4) is 0 Å². The molecule has 2 rings (SSSR count). The molecule has 1 amide bonds. The summed E-state index contributed by atoms with van der Waals surface area (Å²) in [5.74, 6) is 0.250. The number of nitrogens with one attached hydrogen (secondary N) is 1. The van der Waals surface area contributed by atoms with E-state index in [2.05, 4.69) is 22.3 Å². The van der Waals surface area contributed by atoms with Crippen LogP contribution in [-0.4, -0.2) is 48.7 Å². The van der Waals surface area contributed by atoms with E-state index >= 15 is 0 Å². The molecule has 1 saturated heterocycles. The van der Waals surface area contributed by atoms with E-state index in [9.17, 15) is 9.90 Å². The lowest BCUT2D eigenvalue weighted by Gasteiger charge is -2.23. The quantitative estimate of drug-likeness (QED) is 0.831. The smallest absolute Gasteiger partial charge is 0.220 e. The highest BCUT2D eigenvalue weighted by atomic mass is 16.3. The third kappa shape index (κ3) is 4.04. The van der Waals surface area contributed by atoms with Crippen molar-refractivity contribution in [1.29, 1.82) is 0 Å². The van der Waals surface area contributed by atoms with Crippen molar-refractivity contribution >= 4 is 5.91 Å². The van der Waals surface area contributed by atoms with Gasteiger partial charge in [-0.15, -0.1) is 0 Å². The van der Waals surface area contributed by atoms with Gasteiger partial charge in [0.1, 0.15) is 0 Å². The summed E-state index contributed by atoms with van der Waals surface area (Å²) in [4.78, 5) is 13.9. The minimum atomic E-state index is -0.212. The summed E-state index contributed by atoms with van der Waals surface area (Å²) >= 11 is 0. The highest BCUT2D eigenvalue weighted by molar-refractivity contribution is 5.76. The number of carbonyl (C=O) groups excluding carboxylic acids is 1. The zero-order valence-corrected chi connectivity index (χ0v) is 11.4. The third-order valence-electron chi connectivity index (χ3n) is 3.71. The average Bonchev–Trinajstić information content (AvgIpc) is 2.84. The van der Waals surface area contributed by atoms with Crippen LogP contribution in [0.5, 0.6) is 0 Å². The second kappa shape index (κ2) is 6.68. The lowest BCUT2D eigenvalue weighted by atomic mass is 9.95. The summed E-state index contributed by atoms with van der Waals surface area (Å²) in [6.07, 6.45) is 1.12. The number of aliphatic hydroxyl groups is 1. The Kier molecular flexibility index (Phi) is 4.93. The number of β-amino-alcohol motifs (C(OH)–C–C–N with tert-alkyl or cyclic N) is 1. The van der Waals surface area contributed by atoms with Crippen LogP contribution in [-0.2, 0) is 4.79 Å². The lowest BCUT2D eigenvalue weighted by molar-refractivity contribution is -0.121. The predicted octanol–water partition coefficient (Wildman–Crippen LogP) is 0.973. The molecule has 1 heterocycles. The predicted molar refractivity (Wildman–Crippen MR) is 74.9 cm³/mol. The molecule has 4 heteroatoms. The molecule has 0 bridgehead atoms. The van der Waals surface area contributed by atoms with Crippen LogP contribution in [0.2, 0.25) is 0 Å². The van der Waals surface area contributed by atoms with E-state index in [1.165, 1.54) is 5.56 Å². The standard InChI is InChI=1S/C15H22N2O2/c1-16-15(19)9-13(12-5-3-2-4-6-12)10-17-8-7-14(18)11-17/h2-6,13-14,18H,7-11H2,1H3,(H,16,19)/t13-,14+/m1/s1. The van der Waals surface area contributed by atoms with E-state index < -0.39 is 0 Å². The highest BCUT2D eigenvalue weighted by Gasteiger charge is 2.24.